The zero-order valence-electron chi connectivity index (χ0n) is 72.0. The number of hydrogen-bond donors (Lipinski definition) is 5. The first-order chi connectivity index (χ1) is 64.0. The van der Waals surface area contributed by atoms with E-state index in [4.69, 9.17) is 56.9 Å². The Hall–Kier alpha value is -13.2. The van der Waals surface area contributed by atoms with Crippen molar-refractivity contribution >= 4 is 70.1 Å². The highest BCUT2D eigenvalue weighted by Gasteiger charge is 2.39. The number of carbonyl (C=O) groups is 4. The number of halogens is 4. The molecule has 4 aliphatic rings. The summed E-state index contributed by atoms with van der Waals surface area (Å²) in [7, 11) is -5.54. The summed E-state index contributed by atoms with van der Waals surface area (Å²) in [6.07, 6.45) is -2.49. The van der Waals surface area contributed by atoms with E-state index in [1.54, 1.807) is 120 Å². The van der Waals surface area contributed by atoms with Crippen LogP contribution in [0.5, 0.6) is 0 Å². The Kier molecular flexibility index (Phi) is 32.2. The van der Waals surface area contributed by atoms with Crippen LogP contribution in [-0.2, 0) is 93.1 Å². The highest BCUT2D eigenvalue weighted by atomic mass is 31.2. The fourth-order valence-electron chi connectivity index (χ4n) is 13.4. The van der Waals surface area contributed by atoms with Crippen LogP contribution >= 0.6 is 23.0 Å². The standard InChI is InChI=1S/C38H37F2N12O9P.2C21H24FN6O7P.CH4/c1-49-45-35(43-47-49)33-10-4-22(14-41-33)29-8-6-24(12-31(29)39)51-16-27(60-37(51)54)20-57-18-26(53)19-58-62(3,56)59-21-28-17-52(38(55)61-28)25-7-9-30(32(40)13-25)23-5-11-34(42-15-23)36-44-48-50(2)46-36;1-27-25-20(24-26-27)19-6-3-13(8-23-19)17-5-4-14(7-18(17)22)28-9-16(35-21(28)30)12-33-10-15(29)11-34-36(2,31)32;1-3-15(35-36(30,31)32)11-33-12-16-10-28(21(29)34-16)14-5-6-17(18(22)8-14)13-4-7-19(23-9-13)20-24-26-27(2)25-20;/h4-15,26-28,53H,16-21H2,1-3H3;3-8,15-16,29H,9-12H2,1-2H3,(H,31,32);4-9,15-16H,3,10-12H2,1-2H3,(H2,30,31,32);1H4/t26?,27-,28-,62?;;;/m1.../s1. The molecule has 4 fully saturated rings. The summed E-state index contributed by atoms with van der Waals surface area (Å²) in [6, 6.07) is 30.7. The van der Waals surface area contributed by atoms with Gasteiger partial charge in [0.15, 0.2) is 0 Å². The maximum atomic E-state index is 15.3. The Labute approximate surface area is 764 Å². The molecule has 7 unspecified atom stereocenters. The van der Waals surface area contributed by atoms with Crippen LogP contribution in [0, 0.1) is 23.3 Å². The normalized spacial score (nSPS) is 17.6. The predicted molar refractivity (Wildman–Crippen MR) is 466 cm³/mol. The molecular weight excluding hydrogens is 1850 g/mol. The summed E-state index contributed by atoms with van der Waals surface area (Å²) >= 11 is 0. The van der Waals surface area contributed by atoms with Gasteiger partial charge in [-0.2, -0.15) is 19.2 Å². The Morgan fingerprint density at radius 2 is 0.681 bits per heavy atom. The number of phosphoric acid groups is 1. The van der Waals surface area contributed by atoms with Crippen molar-refractivity contribution in [2.75, 3.05) is 119 Å². The lowest BCUT2D eigenvalue weighted by atomic mass is 10.1. The van der Waals surface area contributed by atoms with E-state index in [9.17, 15) is 51.9 Å². The third-order valence-electron chi connectivity index (χ3n) is 19.9. The molecule has 0 bridgehead atoms. The number of aliphatic hydroxyl groups excluding tert-OH is 2. The number of nitrogens with zero attached hydrogens (tertiary/aromatic N) is 24. The molecule has 4 aromatic carbocycles. The maximum absolute atomic E-state index is 15.3. The third kappa shape index (κ3) is 26.5. The summed E-state index contributed by atoms with van der Waals surface area (Å²) in [6.45, 7) is 2.41. The smallest absolute Gasteiger partial charge is 0.441 e. The first-order valence-electron chi connectivity index (χ1n) is 40.6. The SMILES string of the molecule is C.CCC(COCC1CN(c2ccc(-c3ccc(-c4nnn(C)n4)nc3)c(F)c2)C(=O)O1)OP(=O)(O)O.Cn1nnc(-c2ccc(-c3ccc(N4CC(COCC(O)COP(C)(=O)O)OC4=O)cc3F)cn2)n1.Cn1nnc(-c2ccc(-c3ccc(N4C[C@H](COCC(O)COP(C)(=O)OC[C@H]5CN(c6ccc(-c7ccc(-c8nnn(C)n8)nc7)c(F)c6)C(=O)O5)OC4=O)cc3F)cn2)n1. The monoisotopic (exact) mass is 1930 g/mol. The Bertz CT molecular complexity index is 6310. The van der Waals surface area contributed by atoms with Crippen LogP contribution in [0.2, 0.25) is 0 Å². The van der Waals surface area contributed by atoms with E-state index in [0.29, 0.717) is 97.2 Å². The summed E-state index contributed by atoms with van der Waals surface area (Å²) in [5.74, 6) is -0.916. The van der Waals surface area contributed by atoms with Crippen molar-refractivity contribution in [3.05, 3.63) is 169 Å². The van der Waals surface area contributed by atoms with E-state index in [1.807, 2.05) is 0 Å². The number of ether oxygens (including phenoxy) is 7. The fraction of sp³-hybridized carbons (Fsp3) is 0.358. The minimum absolute atomic E-state index is 0. The number of cyclic esters (lactones) is 4. The van der Waals surface area contributed by atoms with E-state index < -0.39 is 120 Å². The average Bonchev–Trinajstić information content (AvgIpc) is 1.77. The molecule has 4 aliphatic heterocycles. The van der Waals surface area contributed by atoms with E-state index >= 15 is 8.78 Å². The molecule has 9 atom stereocenters. The molecule has 0 aliphatic carbocycles. The van der Waals surface area contributed by atoms with Gasteiger partial charge >= 0.3 is 47.4 Å². The van der Waals surface area contributed by atoms with Gasteiger partial charge in [0.2, 0.25) is 23.3 Å². The van der Waals surface area contributed by atoms with Crippen LogP contribution in [0.25, 0.3) is 90.6 Å². The summed E-state index contributed by atoms with van der Waals surface area (Å²) in [4.78, 5) is 104. The van der Waals surface area contributed by atoms with Gasteiger partial charge in [-0.1, -0.05) is 38.6 Å². The van der Waals surface area contributed by atoms with E-state index in [0.717, 1.165) is 6.66 Å². The van der Waals surface area contributed by atoms with Crippen molar-refractivity contribution in [1.29, 1.82) is 0 Å². The van der Waals surface area contributed by atoms with Gasteiger partial charge in [0.25, 0.3) is 0 Å². The molecule has 12 aromatic rings. The summed E-state index contributed by atoms with van der Waals surface area (Å²) in [5, 5.41) is 67.2. The lowest BCUT2D eigenvalue weighted by Crippen LogP contribution is -2.28. The van der Waals surface area contributed by atoms with Crippen molar-refractivity contribution in [3.8, 4) is 90.6 Å². The van der Waals surface area contributed by atoms with E-state index in [-0.39, 0.29) is 109 Å². The Morgan fingerprint density at radius 3 is 0.926 bits per heavy atom. The molecular formula is C81H89F4N24O23P3. The molecule has 16 rings (SSSR count). The van der Waals surface area contributed by atoms with Gasteiger partial charge in [-0.05, 0) is 124 Å². The largest absolute Gasteiger partial charge is 0.469 e. The minimum Gasteiger partial charge on any atom is -0.441 e. The predicted octanol–water partition coefficient (Wildman–Crippen LogP) is 8.61. The topological polar surface area (TPSA) is 561 Å². The third-order valence-corrected chi connectivity index (χ3v) is 22.3. The van der Waals surface area contributed by atoms with Crippen LogP contribution in [0.3, 0.4) is 0 Å². The molecule has 5 N–H and O–H groups in total. The van der Waals surface area contributed by atoms with E-state index in [1.165, 1.54) is 107 Å². The quantitative estimate of drug-likeness (QED) is 0.0139. The van der Waals surface area contributed by atoms with Gasteiger partial charge < -0.3 is 71.6 Å². The van der Waals surface area contributed by atoms with Crippen LogP contribution in [0.15, 0.2) is 146 Å². The summed E-state index contributed by atoms with van der Waals surface area (Å²) in [5.41, 5.74) is 6.26. The number of anilines is 4. The maximum Gasteiger partial charge on any atom is 0.469 e. The van der Waals surface area contributed by atoms with Gasteiger partial charge in [-0.25, -0.2) is 41.3 Å². The van der Waals surface area contributed by atoms with Gasteiger partial charge in [-0.15, -0.1) is 40.8 Å². The zero-order valence-corrected chi connectivity index (χ0v) is 74.7. The van der Waals surface area contributed by atoms with Gasteiger partial charge in [0, 0.05) is 82.6 Å². The van der Waals surface area contributed by atoms with Crippen molar-refractivity contribution in [1.82, 2.24) is 101 Å². The molecule has 8 aromatic heterocycles. The summed E-state index contributed by atoms with van der Waals surface area (Å²) < 4.78 is 153. The second-order valence-electron chi connectivity index (χ2n) is 30.3. The second kappa shape index (κ2) is 43.8. The van der Waals surface area contributed by atoms with Gasteiger partial charge in [-0.3, -0.25) is 53.2 Å². The van der Waals surface area contributed by atoms with E-state index in [2.05, 4.69) is 90.6 Å². The lowest BCUT2D eigenvalue weighted by Gasteiger charge is -2.19. The van der Waals surface area contributed by atoms with Crippen molar-refractivity contribution in [3.63, 3.8) is 0 Å². The number of aryl methyl sites for hydroxylation is 4. The number of aliphatic hydroxyl groups is 2. The molecule has 4 saturated heterocycles. The van der Waals surface area contributed by atoms with Crippen LogP contribution in [0.4, 0.5) is 59.5 Å². The molecule has 54 heteroatoms. The lowest BCUT2D eigenvalue weighted by molar-refractivity contribution is -0.0170. The second-order valence-corrected chi connectivity index (χ2v) is 35.4. The van der Waals surface area contributed by atoms with Crippen LogP contribution in [0.1, 0.15) is 20.8 Å². The van der Waals surface area contributed by atoms with Crippen molar-refractivity contribution in [2.24, 2.45) is 28.2 Å². The average molecular weight is 1940 g/mol. The molecule has 12 heterocycles. The number of phosphoric ester groups is 1. The molecule has 135 heavy (non-hydrogen) atoms. The van der Waals surface area contributed by atoms with Crippen molar-refractivity contribution in [2.45, 2.75) is 63.5 Å². The number of rotatable bonds is 36. The molecule has 0 spiro atoms. The van der Waals surface area contributed by atoms with Crippen molar-refractivity contribution < 1.29 is 127 Å². The first-order valence-corrected chi connectivity index (χ1v) is 46.1. The number of benzene rings is 4. The van der Waals surface area contributed by atoms with Crippen LogP contribution < -0.4 is 19.6 Å². The highest BCUT2D eigenvalue weighted by Crippen LogP contribution is 2.45. The number of amides is 4. The van der Waals surface area contributed by atoms with Gasteiger partial charge in [0.05, 0.1) is 143 Å². The molecule has 0 saturated carbocycles. The Balaban J connectivity index is 0.000000182. The van der Waals surface area contributed by atoms with Crippen LogP contribution in [-0.4, -0.2) is 292 Å². The highest BCUT2D eigenvalue weighted by molar-refractivity contribution is 7.53. The van der Waals surface area contributed by atoms with Gasteiger partial charge in [0.1, 0.15) is 82.7 Å². The molecule has 714 valence electrons. The first kappa shape index (κ1) is 99.3. The number of carbonyl (C=O) groups excluding carboxylic acids is 4. The minimum atomic E-state index is -4.63. The number of pyridine rings is 4. The number of tetrazole rings is 4. The molecule has 47 nitrogen and oxygen atoms in total. The zero-order chi connectivity index (χ0) is 95.3. The fourth-order valence-corrected chi connectivity index (χ4v) is 15.4. The number of aromatic nitrogens is 20. The number of hydrogen-bond acceptors (Lipinski definition) is 36. The molecule has 4 amide bonds. The Morgan fingerprint density at radius 1 is 0.400 bits per heavy atom. The molecule has 0 radical (unpaired) electrons.